The first-order chi connectivity index (χ1) is 33.2. The number of aliphatic hydroxyl groups is 4. The van der Waals surface area contributed by atoms with Crippen molar-refractivity contribution in [2.24, 2.45) is 0 Å². The molecule has 0 bridgehead atoms. The standard InChI is InChI=1S/C12H22O6.2C12H20O6.C12H18O6/c4*1-8(13)6-11(15)17-5-4-10(3)18-12(16)7-9(2)14/h8-10,13-14H,4-7H2,1-3H3;9-10,14H,4-7H2,1-3H3;8,10,13H,4-7H2,1-3H3;10H,4-7H2,1-3H3. The Labute approximate surface area is 421 Å². The van der Waals surface area contributed by atoms with Crippen molar-refractivity contribution in [1.82, 2.24) is 0 Å². The Morgan fingerprint density at radius 3 is 0.681 bits per heavy atom. The van der Waals surface area contributed by atoms with Crippen LogP contribution in [0.15, 0.2) is 0 Å². The predicted molar refractivity (Wildman–Crippen MR) is 251 cm³/mol. The minimum Gasteiger partial charge on any atom is -0.465 e. The van der Waals surface area contributed by atoms with E-state index in [1.165, 1.54) is 55.4 Å². The van der Waals surface area contributed by atoms with Crippen LogP contribution in [0.1, 0.15) is 160 Å². The van der Waals surface area contributed by atoms with Gasteiger partial charge in [0.05, 0.1) is 76.5 Å². The van der Waals surface area contributed by atoms with E-state index < -0.39 is 90.5 Å². The van der Waals surface area contributed by atoms with Gasteiger partial charge in [0, 0.05) is 25.7 Å². The predicted octanol–water partition coefficient (Wildman–Crippen LogP) is 2.41. The summed E-state index contributed by atoms with van der Waals surface area (Å²) in [4.78, 5) is 131. The summed E-state index contributed by atoms with van der Waals surface area (Å²) in [6, 6.07) is 0. The maximum Gasteiger partial charge on any atom is 0.313 e. The SMILES string of the molecule is CC(=O)CC(=O)OC(C)CCOC(=O)CC(C)O.CC(=O)CC(=O)OCCC(C)OC(=O)CC(C)=O.CC(=O)CC(=O)OCCC(C)OC(=O)CC(C)O.CC(O)CC(=O)OCCC(C)OC(=O)CC(C)O. The second-order valence-electron chi connectivity index (χ2n) is 17.0. The minimum absolute atomic E-state index is 0.0454. The molecule has 0 radical (unpaired) electrons. The maximum absolute atomic E-state index is 11.2. The summed E-state index contributed by atoms with van der Waals surface area (Å²) < 4.78 is 39.0. The topological polar surface area (TPSA) is 360 Å². The quantitative estimate of drug-likeness (QED) is 0.0427. The first kappa shape index (κ1) is 72.8. The Kier molecular flexibility index (Phi) is 44.5. The van der Waals surface area contributed by atoms with E-state index in [0.717, 1.165) is 0 Å². The Morgan fingerprint density at radius 2 is 0.472 bits per heavy atom. The zero-order valence-electron chi connectivity index (χ0n) is 43.9. The second kappa shape index (κ2) is 44.0. The number of hydrogen-bond acceptors (Lipinski definition) is 24. The number of hydrogen-bond donors (Lipinski definition) is 4. The van der Waals surface area contributed by atoms with Gasteiger partial charge in [-0.1, -0.05) is 0 Å². The summed E-state index contributed by atoms with van der Waals surface area (Å²) in [5.41, 5.74) is 0. The van der Waals surface area contributed by atoms with E-state index in [2.05, 4.69) is 0 Å². The number of esters is 8. The Hall–Kier alpha value is -5.72. The number of carbonyl (C=O) groups is 12. The molecule has 0 saturated carbocycles. The third-order valence-corrected chi connectivity index (χ3v) is 7.90. The average molecular weight is 1040 g/mol. The van der Waals surface area contributed by atoms with E-state index >= 15 is 0 Å². The van der Waals surface area contributed by atoms with E-state index in [0.29, 0.717) is 25.7 Å². The molecule has 8 atom stereocenters. The van der Waals surface area contributed by atoms with Crippen LogP contribution in [0.2, 0.25) is 0 Å². The molecule has 0 aromatic carbocycles. The highest BCUT2D eigenvalue weighted by Gasteiger charge is 2.17. The summed E-state index contributed by atoms with van der Waals surface area (Å²) in [6.45, 7) is 18.3. The number of Topliss-reactive ketones (excluding diaryl/α,β-unsaturated/α-hetero) is 4. The van der Waals surface area contributed by atoms with Gasteiger partial charge in [-0.25, -0.2) is 0 Å². The van der Waals surface area contributed by atoms with Crippen LogP contribution in [0.25, 0.3) is 0 Å². The zero-order chi connectivity index (χ0) is 56.5. The van der Waals surface area contributed by atoms with Crippen LogP contribution >= 0.6 is 0 Å². The Balaban J connectivity index is -0.000000428. The van der Waals surface area contributed by atoms with Crippen LogP contribution < -0.4 is 0 Å². The lowest BCUT2D eigenvalue weighted by Gasteiger charge is -2.14. The van der Waals surface area contributed by atoms with E-state index in [4.69, 9.17) is 58.3 Å². The van der Waals surface area contributed by atoms with Crippen molar-refractivity contribution in [2.75, 3.05) is 26.4 Å². The van der Waals surface area contributed by atoms with Gasteiger partial charge < -0.3 is 58.3 Å². The number of rotatable bonds is 32. The van der Waals surface area contributed by atoms with Crippen LogP contribution in [0.4, 0.5) is 0 Å². The number of carbonyl (C=O) groups excluding carboxylic acids is 12. The molecule has 24 nitrogen and oxygen atoms in total. The van der Waals surface area contributed by atoms with Crippen molar-refractivity contribution >= 4 is 70.9 Å². The first-order valence-electron chi connectivity index (χ1n) is 23.3. The molecule has 0 aliphatic rings. The molecule has 0 aliphatic heterocycles. The maximum atomic E-state index is 11.2. The fourth-order valence-corrected chi connectivity index (χ4v) is 4.67. The molecular formula is C48H80O24. The molecule has 0 spiro atoms. The van der Waals surface area contributed by atoms with Crippen LogP contribution in [0.3, 0.4) is 0 Å². The van der Waals surface area contributed by atoms with Crippen molar-refractivity contribution in [3.63, 3.8) is 0 Å². The first-order valence-corrected chi connectivity index (χ1v) is 23.3. The summed E-state index contributed by atoms with van der Waals surface area (Å²) in [6.07, 6.45) is -4.34. The van der Waals surface area contributed by atoms with E-state index in [-0.39, 0.29) is 107 Å². The molecule has 72 heavy (non-hydrogen) atoms. The zero-order valence-corrected chi connectivity index (χ0v) is 43.9. The van der Waals surface area contributed by atoms with E-state index in [1.807, 2.05) is 0 Å². The van der Waals surface area contributed by atoms with Crippen LogP contribution in [0.5, 0.6) is 0 Å². The van der Waals surface area contributed by atoms with Gasteiger partial charge in [-0.3, -0.25) is 57.5 Å². The summed E-state index contributed by atoms with van der Waals surface area (Å²) >= 11 is 0. The van der Waals surface area contributed by atoms with Crippen molar-refractivity contribution in [1.29, 1.82) is 0 Å². The normalized spacial score (nSPS) is 13.6. The highest BCUT2D eigenvalue weighted by atomic mass is 16.6. The molecule has 0 saturated heterocycles. The molecular weight excluding hydrogens is 961 g/mol. The molecule has 0 aliphatic carbocycles. The molecule has 0 heterocycles. The molecule has 4 N–H and O–H groups in total. The van der Waals surface area contributed by atoms with Gasteiger partial charge in [-0.2, -0.15) is 0 Å². The third-order valence-electron chi connectivity index (χ3n) is 7.90. The van der Waals surface area contributed by atoms with E-state index in [9.17, 15) is 57.5 Å². The van der Waals surface area contributed by atoms with Gasteiger partial charge in [-0.05, 0) is 83.1 Å². The van der Waals surface area contributed by atoms with Crippen molar-refractivity contribution in [3.8, 4) is 0 Å². The molecule has 0 aromatic heterocycles. The Morgan fingerprint density at radius 1 is 0.292 bits per heavy atom. The lowest BCUT2D eigenvalue weighted by molar-refractivity contribution is -0.154. The molecule has 416 valence electrons. The summed E-state index contributed by atoms with van der Waals surface area (Å²) in [5, 5.41) is 35.8. The average Bonchev–Trinajstić information content (AvgIpc) is 3.16. The van der Waals surface area contributed by atoms with Gasteiger partial charge in [0.15, 0.2) is 0 Å². The van der Waals surface area contributed by atoms with Crippen LogP contribution in [-0.2, 0) is 95.4 Å². The molecule has 8 unspecified atom stereocenters. The van der Waals surface area contributed by atoms with E-state index in [1.54, 1.807) is 27.7 Å². The monoisotopic (exact) mass is 1040 g/mol. The van der Waals surface area contributed by atoms with Gasteiger partial charge in [0.25, 0.3) is 0 Å². The number of aliphatic hydroxyl groups excluding tert-OH is 4. The molecule has 0 rings (SSSR count). The van der Waals surface area contributed by atoms with Crippen molar-refractivity contribution < 1.29 is 116 Å². The van der Waals surface area contributed by atoms with Crippen LogP contribution in [0, 0.1) is 0 Å². The molecule has 24 heteroatoms. The minimum atomic E-state index is -0.738. The van der Waals surface area contributed by atoms with Gasteiger partial charge >= 0.3 is 47.8 Å². The third kappa shape index (κ3) is 58.6. The van der Waals surface area contributed by atoms with Gasteiger partial charge in [0.2, 0.25) is 0 Å². The van der Waals surface area contributed by atoms with Crippen molar-refractivity contribution in [2.45, 2.75) is 209 Å². The molecule has 0 amide bonds. The van der Waals surface area contributed by atoms with Gasteiger partial charge in [-0.15, -0.1) is 0 Å². The largest absolute Gasteiger partial charge is 0.465 e. The summed E-state index contributed by atoms with van der Waals surface area (Å²) in [5.74, 6) is -5.32. The number of ketones is 4. The lowest BCUT2D eigenvalue weighted by Crippen LogP contribution is -2.21. The van der Waals surface area contributed by atoms with Crippen molar-refractivity contribution in [3.05, 3.63) is 0 Å². The highest BCUT2D eigenvalue weighted by molar-refractivity contribution is 5.95. The highest BCUT2D eigenvalue weighted by Crippen LogP contribution is 2.06. The van der Waals surface area contributed by atoms with Crippen LogP contribution in [-0.4, -0.2) is 167 Å². The second-order valence-corrected chi connectivity index (χ2v) is 17.0. The smallest absolute Gasteiger partial charge is 0.313 e. The fraction of sp³-hybridized carbons (Fsp3) is 0.750. The molecule has 0 aromatic rings. The van der Waals surface area contributed by atoms with Gasteiger partial charge in [0.1, 0.15) is 73.2 Å². The summed E-state index contributed by atoms with van der Waals surface area (Å²) in [7, 11) is 0. The molecule has 0 fully saturated rings. The fourth-order valence-electron chi connectivity index (χ4n) is 4.67. The number of ether oxygens (including phenoxy) is 8. The lowest BCUT2D eigenvalue weighted by atomic mass is 10.2. The Bertz CT molecular complexity index is 1670.